The van der Waals surface area contributed by atoms with Crippen molar-refractivity contribution in [3.05, 3.63) is 11.6 Å². The normalized spacial score (nSPS) is 26.0. The Morgan fingerprint density at radius 2 is 1.42 bits per heavy atom. The second kappa shape index (κ2) is 16.5. The first-order valence-electron chi connectivity index (χ1n) is 19.0. The van der Waals surface area contributed by atoms with E-state index in [0.717, 1.165) is 71.2 Å². The van der Waals surface area contributed by atoms with E-state index in [9.17, 15) is 19.2 Å². The summed E-state index contributed by atoms with van der Waals surface area (Å²) >= 11 is 0. The smallest absolute Gasteiger partial charge is 0.249 e. The van der Waals surface area contributed by atoms with E-state index in [1.165, 1.54) is 12.8 Å². The van der Waals surface area contributed by atoms with Crippen molar-refractivity contribution < 1.29 is 19.2 Å². The number of rotatable bonds is 11. The fourth-order valence-electron chi connectivity index (χ4n) is 8.43. The molecule has 4 aliphatic rings. The third-order valence-corrected chi connectivity index (χ3v) is 11.3. The molecule has 4 saturated heterocycles. The van der Waals surface area contributed by atoms with Crippen LogP contribution in [-0.2, 0) is 19.2 Å². The van der Waals surface area contributed by atoms with Crippen LogP contribution in [0, 0.1) is 11.3 Å². The van der Waals surface area contributed by atoms with Crippen LogP contribution in [0.3, 0.4) is 0 Å². The number of nitrogens with zero attached hydrogens (tertiary/aromatic N) is 5. The maximum absolute atomic E-state index is 14.2. The van der Waals surface area contributed by atoms with Gasteiger partial charge in [-0.1, -0.05) is 47.1 Å². The van der Waals surface area contributed by atoms with E-state index in [1.54, 1.807) is 16.8 Å². The summed E-state index contributed by atoms with van der Waals surface area (Å²) in [4.78, 5) is 66.1. The minimum Gasteiger partial charge on any atom is -0.342 e. The van der Waals surface area contributed by atoms with Gasteiger partial charge >= 0.3 is 0 Å². The molecule has 0 spiro atoms. The zero-order chi connectivity index (χ0) is 35.3. The maximum atomic E-state index is 14.2. The summed E-state index contributed by atoms with van der Waals surface area (Å²) in [7, 11) is 1.78. The number of hydrogen-bond donors (Lipinski definition) is 1. The van der Waals surface area contributed by atoms with Gasteiger partial charge in [0.05, 0.1) is 12.1 Å². The lowest BCUT2D eigenvalue weighted by atomic mass is 9.84. The molecule has 1 unspecified atom stereocenters. The second-order valence-corrected chi connectivity index (χ2v) is 16.7. The van der Waals surface area contributed by atoms with Crippen molar-refractivity contribution in [1.29, 1.82) is 0 Å². The van der Waals surface area contributed by atoms with Crippen LogP contribution in [0.2, 0.25) is 0 Å². The Kier molecular flexibility index (Phi) is 13.2. The van der Waals surface area contributed by atoms with Gasteiger partial charge in [-0.25, -0.2) is 0 Å². The zero-order valence-electron chi connectivity index (χ0n) is 31.6. The van der Waals surface area contributed by atoms with Crippen molar-refractivity contribution in [2.24, 2.45) is 11.3 Å². The molecule has 272 valence electrons. The molecule has 0 bridgehead atoms. The largest absolute Gasteiger partial charge is 0.342 e. The van der Waals surface area contributed by atoms with Crippen LogP contribution < -0.4 is 5.32 Å². The molecule has 0 radical (unpaired) electrons. The highest BCUT2D eigenvalue weighted by Gasteiger charge is 2.42. The quantitative estimate of drug-likeness (QED) is 0.330. The molecule has 10 heteroatoms. The molecule has 0 aromatic heterocycles. The molecule has 0 saturated carbocycles. The van der Waals surface area contributed by atoms with E-state index >= 15 is 0 Å². The first-order chi connectivity index (χ1) is 22.6. The molecule has 1 N–H and O–H groups in total. The molecular formula is C38H66N6O4. The average Bonchev–Trinajstić information content (AvgIpc) is 3.83. The molecule has 4 amide bonds. The molecule has 5 atom stereocenters. The number of hydrogen-bond acceptors (Lipinski definition) is 6. The first-order valence-corrected chi connectivity index (χ1v) is 19.0. The summed E-state index contributed by atoms with van der Waals surface area (Å²) in [5.41, 5.74) is 0.0361. The Morgan fingerprint density at radius 3 is 2.04 bits per heavy atom. The van der Waals surface area contributed by atoms with Gasteiger partial charge in [-0.15, -0.1) is 0 Å². The van der Waals surface area contributed by atoms with Crippen LogP contribution in [0.1, 0.15) is 113 Å². The van der Waals surface area contributed by atoms with E-state index in [1.807, 2.05) is 47.6 Å². The van der Waals surface area contributed by atoms with Crippen molar-refractivity contribution in [2.75, 3.05) is 46.3 Å². The van der Waals surface area contributed by atoms with E-state index in [0.29, 0.717) is 18.5 Å². The number of carbonyl (C=O) groups is 4. The van der Waals surface area contributed by atoms with Gasteiger partial charge in [0.2, 0.25) is 23.6 Å². The second-order valence-electron chi connectivity index (χ2n) is 16.7. The molecule has 0 aromatic carbocycles. The SMILES string of the molecule is C/C(=C\C(C(C)C)N(C)C(=O)[C@@H](NC(=O)[C@H]1CCCCN1C(C)C)C(C)(C)C)C(=O)N1CCC[C@H]1C(=O)N1CCC[C@H]1CN1CCCC1. The minimum absolute atomic E-state index is 0.0275. The van der Waals surface area contributed by atoms with Crippen LogP contribution in [0.15, 0.2) is 11.6 Å². The highest BCUT2D eigenvalue weighted by atomic mass is 16.2. The van der Waals surface area contributed by atoms with Crippen LogP contribution in [0.4, 0.5) is 0 Å². The molecule has 4 aliphatic heterocycles. The maximum Gasteiger partial charge on any atom is 0.249 e. The molecule has 4 rings (SSSR count). The summed E-state index contributed by atoms with van der Waals surface area (Å²) < 4.78 is 0. The summed E-state index contributed by atoms with van der Waals surface area (Å²) in [6.45, 7) is 21.5. The molecule has 48 heavy (non-hydrogen) atoms. The van der Waals surface area contributed by atoms with Crippen LogP contribution in [-0.4, -0.2) is 131 Å². The first kappa shape index (κ1) is 38.3. The van der Waals surface area contributed by atoms with Crippen LogP contribution in [0.5, 0.6) is 0 Å². The molecular weight excluding hydrogens is 604 g/mol. The third kappa shape index (κ3) is 9.01. The van der Waals surface area contributed by atoms with Crippen molar-refractivity contribution in [2.45, 2.75) is 149 Å². The van der Waals surface area contributed by atoms with E-state index in [2.05, 4.69) is 33.9 Å². The van der Waals surface area contributed by atoms with Crippen molar-refractivity contribution >= 4 is 23.6 Å². The third-order valence-electron chi connectivity index (χ3n) is 11.3. The standard InChI is InChI=1S/C38H66N6O4/c1-26(2)32(40(9)37(48)33(38(6,7)8)39-34(45)30-17-10-11-21-42(30)27(3)4)24-28(5)35(46)44-23-15-18-31(44)36(47)43-22-14-16-29(43)25-41-19-12-13-20-41/h24,26-27,29-33H,10-23,25H2,1-9H3,(H,39,45)/b28-24+/t29-,30+,31-,32?,33+/m0/s1. The number of piperidine rings is 1. The number of likely N-dealkylation sites (N-methyl/N-ethyl adjacent to an activating group) is 1. The lowest BCUT2D eigenvalue weighted by molar-refractivity contribution is -0.143. The lowest BCUT2D eigenvalue weighted by Crippen LogP contribution is -2.60. The highest BCUT2D eigenvalue weighted by molar-refractivity contribution is 5.97. The van der Waals surface area contributed by atoms with E-state index in [-0.39, 0.29) is 53.7 Å². The summed E-state index contributed by atoms with van der Waals surface area (Å²) in [6, 6.07) is -1.26. The van der Waals surface area contributed by atoms with Gasteiger partial charge in [0.1, 0.15) is 12.1 Å². The van der Waals surface area contributed by atoms with Gasteiger partial charge in [-0.05, 0) is 103 Å². The van der Waals surface area contributed by atoms with Crippen molar-refractivity contribution in [3.8, 4) is 0 Å². The Hall–Kier alpha value is -2.46. The Balaban J connectivity index is 1.47. The van der Waals surface area contributed by atoms with Gasteiger partial charge in [0.15, 0.2) is 0 Å². The predicted octanol–water partition coefficient (Wildman–Crippen LogP) is 4.29. The van der Waals surface area contributed by atoms with Gasteiger partial charge in [-0.2, -0.15) is 0 Å². The average molecular weight is 671 g/mol. The fraction of sp³-hybridized carbons (Fsp3) is 0.842. The van der Waals surface area contributed by atoms with Crippen molar-refractivity contribution in [1.82, 2.24) is 29.8 Å². The highest BCUT2D eigenvalue weighted by Crippen LogP contribution is 2.29. The van der Waals surface area contributed by atoms with Gasteiger partial charge in [0.25, 0.3) is 0 Å². The minimum atomic E-state index is -0.717. The number of carbonyl (C=O) groups excluding carboxylic acids is 4. The van der Waals surface area contributed by atoms with Gasteiger partial charge < -0.3 is 24.9 Å². The number of nitrogens with one attached hydrogen (secondary N) is 1. The summed E-state index contributed by atoms with van der Waals surface area (Å²) in [6.07, 6.45) is 10.8. The Labute approximate surface area is 291 Å². The lowest BCUT2D eigenvalue weighted by Gasteiger charge is -2.41. The van der Waals surface area contributed by atoms with Crippen LogP contribution >= 0.6 is 0 Å². The summed E-state index contributed by atoms with van der Waals surface area (Å²) in [5.74, 6) is -0.247. The van der Waals surface area contributed by atoms with Gasteiger partial charge in [-0.3, -0.25) is 24.1 Å². The number of amides is 4. The predicted molar refractivity (Wildman–Crippen MR) is 191 cm³/mol. The topological polar surface area (TPSA) is 96.5 Å². The molecule has 0 aliphatic carbocycles. The molecule has 4 heterocycles. The molecule has 10 nitrogen and oxygen atoms in total. The number of likely N-dealkylation sites (tertiary alicyclic amines) is 4. The van der Waals surface area contributed by atoms with E-state index < -0.39 is 17.5 Å². The Morgan fingerprint density at radius 1 is 0.812 bits per heavy atom. The summed E-state index contributed by atoms with van der Waals surface area (Å²) in [5, 5.41) is 3.17. The fourth-order valence-corrected chi connectivity index (χ4v) is 8.43. The molecule has 0 aromatic rings. The van der Waals surface area contributed by atoms with Crippen LogP contribution in [0.25, 0.3) is 0 Å². The Bertz CT molecular complexity index is 1170. The van der Waals surface area contributed by atoms with Crippen molar-refractivity contribution in [3.63, 3.8) is 0 Å². The molecule has 4 fully saturated rings. The van der Waals surface area contributed by atoms with Gasteiger partial charge in [0, 0.05) is 44.3 Å². The van der Waals surface area contributed by atoms with E-state index in [4.69, 9.17) is 0 Å². The zero-order valence-corrected chi connectivity index (χ0v) is 31.6. The monoisotopic (exact) mass is 671 g/mol.